The van der Waals surface area contributed by atoms with Gasteiger partial charge in [-0.15, -0.1) is 21.5 Å². The minimum Gasteiger partial charge on any atom is -0.493 e. The fourth-order valence-electron chi connectivity index (χ4n) is 3.34. The minimum atomic E-state index is 0.578. The zero-order chi connectivity index (χ0) is 18.8. The van der Waals surface area contributed by atoms with Crippen LogP contribution in [0, 0.1) is 0 Å². The molecule has 2 heterocycles. The predicted molar refractivity (Wildman–Crippen MR) is 116 cm³/mol. The Hall–Kier alpha value is -2.31. The van der Waals surface area contributed by atoms with Gasteiger partial charge in [0.25, 0.3) is 0 Å². The Kier molecular flexibility index (Phi) is 5.06. The summed E-state index contributed by atoms with van der Waals surface area (Å²) in [4.78, 5) is 1.34. The van der Waals surface area contributed by atoms with Gasteiger partial charge in [-0.3, -0.25) is 0 Å². The zero-order valence-corrected chi connectivity index (χ0v) is 17.1. The third kappa shape index (κ3) is 3.93. The molecule has 2 aromatic heterocycles. The molecule has 0 radical (unpaired) electrons. The molecule has 0 amide bonds. The van der Waals surface area contributed by atoms with E-state index in [2.05, 4.69) is 68.7 Å². The van der Waals surface area contributed by atoms with E-state index < -0.39 is 0 Å². The third-order valence-corrected chi connectivity index (χ3v) is 6.65. The topological polar surface area (TPSA) is 39.9 Å². The first-order valence-electron chi connectivity index (χ1n) is 9.57. The largest absolute Gasteiger partial charge is 0.493 e. The summed E-state index contributed by atoms with van der Waals surface area (Å²) in [7, 11) is 0. The maximum atomic E-state index is 5.97. The van der Waals surface area contributed by atoms with Gasteiger partial charge in [-0.2, -0.15) is 0 Å². The summed E-state index contributed by atoms with van der Waals surface area (Å²) in [5.74, 6) is 2.86. The standard InChI is InChI=1S/C22H21N3OS2/c1-2-5-17-14-19(10-7-16(17)4-1)26-11-13-28-22-24-23-21(25(22)18-8-9-18)15-20-6-3-12-27-20/h1-7,10,12,14,18H,8-9,11,13,15H2. The number of benzene rings is 2. The van der Waals surface area contributed by atoms with Crippen molar-refractivity contribution in [3.8, 4) is 5.75 Å². The van der Waals surface area contributed by atoms with Gasteiger partial charge < -0.3 is 9.30 Å². The average molecular weight is 408 g/mol. The molecular formula is C22H21N3OS2. The van der Waals surface area contributed by atoms with Crippen LogP contribution >= 0.6 is 23.1 Å². The van der Waals surface area contributed by atoms with Crippen molar-refractivity contribution >= 4 is 33.9 Å². The second kappa shape index (κ2) is 7.97. The van der Waals surface area contributed by atoms with E-state index in [0.29, 0.717) is 12.6 Å². The van der Waals surface area contributed by atoms with E-state index in [0.717, 1.165) is 28.9 Å². The fraction of sp³-hybridized carbons (Fsp3) is 0.273. The van der Waals surface area contributed by atoms with E-state index in [4.69, 9.17) is 4.74 Å². The van der Waals surface area contributed by atoms with Crippen molar-refractivity contribution < 1.29 is 4.74 Å². The Morgan fingerprint density at radius 2 is 1.93 bits per heavy atom. The van der Waals surface area contributed by atoms with Gasteiger partial charge in [0, 0.05) is 23.1 Å². The van der Waals surface area contributed by atoms with Gasteiger partial charge in [0.1, 0.15) is 11.6 Å². The van der Waals surface area contributed by atoms with Crippen molar-refractivity contribution in [3.05, 3.63) is 70.7 Å². The quantitative estimate of drug-likeness (QED) is 0.282. The van der Waals surface area contributed by atoms with Crippen molar-refractivity contribution in [2.45, 2.75) is 30.5 Å². The number of rotatable bonds is 8. The van der Waals surface area contributed by atoms with Gasteiger partial charge in [-0.1, -0.05) is 48.2 Å². The smallest absolute Gasteiger partial charge is 0.191 e. The van der Waals surface area contributed by atoms with Crippen molar-refractivity contribution in [2.75, 3.05) is 12.4 Å². The van der Waals surface area contributed by atoms with Crippen molar-refractivity contribution in [3.63, 3.8) is 0 Å². The molecule has 0 aliphatic heterocycles. The van der Waals surface area contributed by atoms with Crippen LogP contribution in [-0.4, -0.2) is 27.1 Å². The minimum absolute atomic E-state index is 0.578. The summed E-state index contributed by atoms with van der Waals surface area (Å²) >= 11 is 3.52. The molecule has 0 N–H and O–H groups in total. The highest BCUT2D eigenvalue weighted by Gasteiger charge is 2.29. The van der Waals surface area contributed by atoms with E-state index in [9.17, 15) is 0 Å². The van der Waals surface area contributed by atoms with Crippen molar-refractivity contribution in [1.82, 2.24) is 14.8 Å². The van der Waals surface area contributed by atoms with Crippen LogP contribution in [0.15, 0.2) is 65.1 Å². The predicted octanol–water partition coefficient (Wildman–Crippen LogP) is 5.59. The molecule has 5 rings (SSSR count). The first-order chi connectivity index (χ1) is 13.9. The molecule has 0 spiro atoms. The van der Waals surface area contributed by atoms with E-state index in [1.54, 1.807) is 23.1 Å². The molecule has 6 heteroatoms. The lowest BCUT2D eigenvalue weighted by atomic mass is 10.1. The van der Waals surface area contributed by atoms with E-state index in [-0.39, 0.29) is 0 Å². The van der Waals surface area contributed by atoms with Gasteiger partial charge in [0.15, 0.2) is 5.16 Å². The molecular weight excluding hydrogens is 386 g/mol. The van der Waals surface area contributed by atoms with Gasteiger partial charge in [-0.25, -0.2) is 0 Å². The molecule has 28 heavy (non-hydrogen) atoms. The van der Waals surface area contributed by atoms with Crippen molar-refractivity contribution in [1.29, 1.82) is 0 Å². The van der Waals surface area contributed by atoms with Crippen LogP contribution in [-0.2, 0) is 6.42 Å². The SMILES string of the molecule is c1csc(Cc2nnc(SCCOc3ccc4ccccc4c3)n2C2CC2)c1. The lowest BCUT2D eigenvalue weighted by Gasteiger charge is -2.09. The zero-order valence-electron chi connectivity index (χ0n) is 15.5. The summed E-state index contributed by atoms with van der Waals surface area (Å²) in [6.07, 6.45) is 3.34. The number of hydrogen-bond donors (Lipinski definition) is 0. The number of fused-ring (bicyclic) bond motifs is 1. The monoisotopic (exact) mass is 407 g/mol. The van der Waals surface area contributed by atoms with Gasteiger partial charge in [0.05, 0.1) is 6.61 Å². The molecule has 4 nitrogen and oxygen atoms in total. The molecule has 1 fully saturated rings. The Morgan fingerprint density at radius 1 is 1.04 bits per heavy atom. The second-order valence-corrected chi connectivity index (χ2v) is 9.06. The number of aromatic nitrogens is 3. The molecule has 1 saturated carbocycles. The highest BCUT2D eigenvalue weighted by Crippen LogP contribution is 2.39. The van der Waals surface area contributed by atoms with Gasteiger partial charge >= 0.3 is 0 Å². The molecule has 0 saturated heterocycles. The summed E-state index contributed by atoms with van der Waals surface area (Å²) in [5.41, 5.74) is 0. The molecule has 0 atom stereocenters. The molecule has 0 bridgehead atoms. The molecule has 0 unspecified atom stereocenters. The van der Waals surface area contributed by atoms with Crippen molar-refractivity contribution in [2.24, 2.45) is 0 Å². The first kappa shape index (κ1) is 17.8. The van der Waals surface area contributed by atoms with Crippen LogP contribution in [0.25, 0.3) is 10.8 Å². The molecule has 1 aliphatic rings. The summed E-state index contributed by atoms with van der Waals surface area (Å²) in [6, 6.07) is 19.4. The molecule has 142 valence electrons. The molecule has 1 aliphatic carbocycles. The van der Waals surface area contributed by atoms with Crippen LogP contribution in [0.5, 0.6) is 5.75 Å². The lowest BCUT2D eigenvalue weighted by Crippen LogP contribution is -2.05. The molecule has 2 aromatic carbocycles. The number of thiophene rings is 1. The second-order valence-electron chi connectivity index (χ2n) is 6.96. The number of hydrogen-bond acceptors (Lipinski definition) is 5. The van der Waals surface area contributed by atoms with E-state index in [1.165, 1.54) is 28.5 Å². The summed E-state index contributed by atoms with van der Waals surface area (Å²) in [6.45, 7) is 0.654. The number of ether oxygens (including phenoxy) is 1. The van der Waals surface area contributed by atoms with E-state index in [1.807, 2.05) is 6.07 Å². The highest BCUT2D eigenvalue weighted by molar-refractivity contribution is 7.99. The lowest BCUT2D eigenvalue weighted by molar-refractivity contribution is 0.344. The van der Waals surface area contributed by atoms with Gasteiger partial charge in [0.2, 0.25) is 0 Å². The van der Waals surface area contributed by atoms with E-state index >= 15 is 0 Å². The number of nitrogens with zero attached hydrogens (tertiary/aromatic N) is 3. The van der Waals surface area contributed by atoms with Crippen LogP contribution in [0.4, 0.5) is 0 Å². The Morgan fingerprint density at radius 3 is 2.75 bits per heavy atom. The third-order valence-electron chi connectivity index (χ3n) is 4.86. The first-order valence-corrected chi connectivity index (χ1v) is 11.4. The van der Waals surface area contributed by atoms with Crippen LogP contribution in [0.2, 0.25) is 0 Å². The van der Waals surface area contributed by atoms with Crippen LogP contribution < -0.4 is 4.74 Å². The summed E-state index contributed by atoms with van der Waals surface area (Å²) in [5, 5.41) is 14.5. The van der Waals surface area contributed by atoms with Crippen LogP contribution in [0.3, 0.4) is 0 Å². The molecule has 4 aromatic rings. The fourth-order valence-corrected chi connectivity index (χ4v) is 4.89. The Labute approximate surface area is 172 Å². The van der Waals surface area contributed by atoms with Crippen LogP contribution in [0.1, 0.15) is 29.6 Å². The average Bonchev–Trinajstić information content (AvgIpc) is 3.28. The highest BCUT2D eigenvalue weighted by atomic mass is 32.2. The Bertz CT molecular complexity index is 1070. The van der Waals surface area contributed by atoms with Gasteiger partial charge in [-0.05, 0) is 47.2 Å². The maximum absolute atomic E-state index is 5.97. The normalized spacial score (nSPS) is 13.9. The maximum Gasteiger partial charge on any atom is 0.191 e. The Balaban J connectivity index is 1.21. The summed E-state index contributed by atoms with van der Waals surface area (Å²) < 4.78 is 8.31. The number of thioether (sulfide) groups is 1.